The number of aryl methyl sites for hydroxylation is 1. The molecule has 0 radical (unpaired) electrons. The molecule has 1 aromatic heterocycles. The van der Waals surface area contributed by atoms with E-state index in [1.807, 2.05) is 25.1 Å². The fraction of sp³-hybridized carbons (Fsp3) is 0.467. The predicted molar refractivity (Wildman–Crippen MR) is 79.8 cm³/mol. The summed E-state index contributed by atoms with van der Waals surface area (Å²) in [6.07, 6.45) is 0. The fourth-order valence-electron chi connectivity index (χ4n) is 2.79. The molecule has 106 valence electrons. The molecule has 5 nitrogen and oxygen atoms in total. The number of hydrogen-bond donors (Lipinski definition) is 2. The van der Waals surface area contributed by atoms with Gasteiger partial charge in [0.1, 0.15) is 5.82 Å². The number of aromatic nitrogens is 2. The smallest absolute Gasteiger partial charge is 0.258 e. The number of aromatic amines is 1. The molecule has 1 atom stereocenters. The van der Waals surface area contributed by atoms with Crippen LogP contribution < -0.4 is 10.9 Å². The van der Waals surface area contributed by atoms with Crippen molar-refractivity contribution in [3.8, 4) is 0 Å². The second kappa shape index (κ2) is 5.34. The number of benzene rings is 1. The third-order valence-corrected chi connectivity index (χ3v) is 3.81. The predicted octanol–water partition coefficient (Wildman–Crippen LogP) is 1.03. The van der Waals surface area contributed by atoms with Gasteiger partial charge in [-0.05, 0) is 25.5 Å². The van der Waals surface area contributed by atoms with Crippen molar-refractivity contribution in [2.24, 2.45) is 0 Å². The Kier molecular flexibility index (Phi) is 3.54. The highest BCUT2D eigenvalue weighted by molar-refractivity contribution is 5.80. The first-order valence-electron chi connectivity index (χ1n) is 7.08. The monoisotopic (exact) mass is 272 g/mol. The van der Waals surface area contributed by atoms with E-state index >= 15 is 0 Å². The molecule has 2 heterocycles. The number of rotatable bonds is 2. The van der Waals surface area contributed by atoms with Crippen molar-refractivity contribution in [1.82, 2.24) is 20.2 Å². The van der Waals surface area contributed by atoms with Crippen molar-refractivity contribution >= 4 is 10.9 Å². The third-order valence-electron chi connectivity index (χ3n) is 3.81. The molecule has 3 rings (SSSR count). The number of piperazine rings is 1. The van der Waals surface area contributed by atoms with Gasteiger partial charge < -0.3 is 10.3 Å². The van der Waals surface area contributed by atoms with Crippen LogP contribution in [0.5, 0.6) is 0 Å². The van der Waals surface area contributed by atoms with E-state index in [2.05, 4.69) is 27.1 Å². The van der Waals surface area contributed by atoms with Crippen molar-refractivity contribution in [2.75, 3.05) is 19.6 Å². The number of hydrogen-bond acceptors (Lipinski definition) is 4. The summed E-state index contributed by atoms with van der Waals surface area (Å²) in [4.78, 5) is 22.0. The third kappa shape index (κ3) is 2.59. The van der Waals surface area contributed by atoms with Crippen molar-refractivity contribution in [3.05, 3.63) is 39.9 Å². The Hall–Kier alpha value is -1.72. The van der Waals surface area contributed by atoms with Gasteiger partial charge in [0.2, 0.25) is 0 Å². The molecule has 0 saturated carbocycles. The molecule has 20 heavy (non-hydrogen) atoms. The summed E-state index contributed by atoms with van der Waals surface area (Å²) in [5, 5.41) is 4.08. The maximum absolute atomic E-state index is 12.1. The Bertz CT molecular complexity index is 679. The first kappa shape index (κ1) is 13.3. The Balaban J connectivity index is 1.92. The van der Waals surface area contributed by atoms with Crippen molar-refractivity contribution in [1.29, 1.82) is 0 Å². The van der Waals surface area contributed by atoms with Crippen LogP contribution in [0.3, 0.4) is 0 Å². The molecule has 0 spiro atoms. The largest absolute Gasteiger partial charge is 0.312 e. The van der Waals surface area contributed by atoms with E-state index in [0.717, 1.165) is 36.5 Å². The van der Waals surface area contributed by atoms with E-state index in [9.17, 15) is 4.79 Å². The van der Waals surface area contributed by atoms with Crippen LogP contribution in [0.2, 0.25) is 0 Å². The maximum Gasteiger partial charge on any atom is 0.258 e. The standard InChI is InChI=1S/C15H20N4O/c1-10-4-3-5-12-14(10)17-13(18-15(12)20)9-19-7-6-16-11(2)8-19/h3-5,11,16H,6-9H2,1-2H3,(H,17,18,20). The van der Waals surface area contributed by atoms with Crippen LogP contribution >= 0.6 is 0 Å². The van der Waals surface area contributed by atoms with Crippen LogP contribution in [0.25, 0.3) is 10.9 Å². The quantitative estimate of drug-likeness (QED) is 0.857. The zero-order chi connectivity index (χ0) is 14.1. The lowest BCUT2D eigenvalue weighted by atomic mass is 10.1. The zero-order valence-electron chi connectivity index (χ0n) is 11.9. The van der Waals surface area contributed by atoms with E-state index in [1.165, 1.54) is 0 Å². The van der Waals surface area contributed by atoms with Gasteiger partial charge in [-0.1, -0.05) is 12.1 Å². The highest BCUT2D eigenvalue weighted by Crippen LogP contribution is 2.13. The molecule has 1 aliphatic heterocycles. The number of para-hydroxylation sites is 1. The van der Waals surface area contributed by atoms with Crippen LogP contribution in [0, 0.1) is 6.92 Å². The van der Waals surface area contributed by atoms with E-state index in [-0.39, 0.29) is 5.56 Å². The van der Waals surface area contributed by atoms with Gasteiger partial charge in [0, 0.05) is 25.7 Å². The SMILES string of the molecule is Cc1cccc2c(=O)[nH]c(CN3CCNC(C)C3)nc12. The van der Waals surface area contributed by atoms with Crippen molar-refractivity contribution in [2.45, 2.75) is 26.4 Å². The molecule has 1 aromatic carbocycles. The molecule has 0 bridgehead atoms. The molecule has 1 unspecified atom stereocenters. The summed E-state index contributed by atoms with van der Waals surface area (Å²) in [6, 6.07) is 6.19. The van der Waals surface area contributed by atoms with Gasteiger partial charge in [-0.15, -0.1) is 0 Å². The molecule has 0 aliphatic carbocycles. The summed E-state index contributed by atoms with van der Waals surface area (Å²) < 4.78 is 0. The minimum Gasteiger partial charge on any atom is -0.312 e. The second-order valence-electron chi connectivity index (χ2n) is 5.57. The number of nitrogens with zero attached hydrogens (tertiary/aromatic N) is 2. The van der Waals surface area contributed by atoms with Crippen LogP contribution in [0.15, 0.2) is 23.0 Å². The lowest BCUT2D eigenvalue weighted by Crippen LogP contribution is -2.48. The molecule has 2 aromatic rings. The number of fused-ring (bicyclic) bond motifs is 1. The summed E-state index contributed by atoms with van der Waals surface area (Å²) in [6.45, 7) is 7.82. The molecule has 5 heteroatoms. The lowest BCUT2D eigenvalue weighted by molar-refractivity contribution is 0.195. The van der Waals surface area contributed by atoms with E-state index in [1.54, 1.807) is 0 Å². The van der Waals surface area contributed by atoms with Gasteiger partial charge >= 0.3 is 0 Å². The van der Waals surface area contributed by atoms with Gasteiger partial charge in [-0.3, -0.25) is 9.69 Å². The molecule has 1 saturated heterocycles. The molecule has 0 amide bonds. The summed E-state index contributed by atoms with van der Waals surface area (Å²) in [5.41, 5.74) is 1.81. The molecular formula is C15H20N4O. The van der Waals surface area contributed by atoms with Gasteiger partial charge in [-0.25, -0.2) is 4.98 Å². The Morgan fingerprint density at radius 3 is 3.10 bits per heavy atom. The van der Waals surface area contributed by atoms with Crippen LogP contribution in [0.4, 0.5) is 0 Å². The Labute approximate surface area is 118 Å². The van der Waals surface area contributed by atoms with E-state index in [4.69, 9.17) is 0 Å². The summed E-state index contributed by atoms with van der Waals surface area (Å²) in [7, 11) is 0. The van der Waals surface area contributed by atoms with Crippen molar-refractivity contribution < 1.29 is 0 Å². The number of nitrogens with one attached hydrogen (secondary N) is 2. The average molecular weight is 272 g/mol. The normalized spacial score (nSPS) is 20.4. The van der Waals surface area contributed by atoms with Crippen LogP contribution in [0.1, 0.15) is 18.3 Å². The lowest BCUT2D eigenvalue weighted by Gasteiger charge is -2.31. The fourth-order valence-corrected chi connectivity index (χ4v) is 2.79. The molecule has 2 N–H and O–H groups in total. The minimum absolute atomic E-state index is 0.0446. The highest BCUT2D eigenvalue weighted by Gasteiger charge is 2.17. The van der Waals surface area contributed by atoms with Crippen molar-refractivity contribution in [3.63, 3.8) is 0 Å². The van der Waals surface area contributed by atoms with Gasteiger partial charge in [0.15, 0.2) is 0 Å². The Morgan fingerprint density at radius 1 is 1.45 bits per heavy atom. The minimum atomic E-state index is -0.0446. The summed E-state index contributed by atoms with van der Waals surface area (Å²) in [5.74, 6) is 0.755. The highest BCUT2D eigenvalue weighted by atomic mass is 16.1. The molecule has 1 fully saturated rings. The van der Waals surface area contributed by atoms with Gasteiger partial charge in [0.05, 0.1) is 17.4 Å². The van der Waals surface area contributed by atoms with Crippen LogP contribution in [-0.4, -0.2) is 40.5 Å². The Morgan fingerprint density at radius 2 is 2.30 bits per heavy atom. The summed E-state index contributed by atoms with van der Waals surface area (Å²) >= 11 is 0. The number of H-pyrrole nitrogens is 1. The molecular weight excluding hydrogens is 252 g/mol. The van der Waals surface area contributed by atoms with Gasteiger partial charge in [-0.2, -0.15) is 0 Å². The zero-order valence-corrected chi connectivity index (χ0v) is 11.9. The van der Waals surface area contributed by atoms with E-state index < -0.39 is 0 Å². The topological polar surface area (TPSA) is 61.0 Å². The first-order chi connectivity index (χ1) is 9.63. The maximum atomic E-state index is 12.1. The average Bonchev–Trinajstić information content (AvgIpc) is 2.40. The molecule has 1 aliphatic rings. The van der Waals surface area contributed by atoms with Crippen LogP contribution in [-0.2, 0) is 6.54 Å². The van der Waals surface area contributed by atoms with E-state index in [0.29, 0.717) is 18.0 Å². The first-order valence-corrected chi connectivity index (χ1v) is 7.08. The second-order valence-corrected chi connectivity index (χ2v) is 5.57. The van der Waals surface area contributed by atoms with Gasteiger partial charge in [0.25, 0.3) is 5.56 Å².